The first-order chi connectivity index (χ1) is 14.1. The molecule has 2 amide bonds. The van der Waals surface area contributed by atoms with Gasteiger partial charge in [-0.2, -0.15) is 13.2 Å². The first-order valence-corrected chi connectivity index (χ1v) is 9.27. The molecule has 0 unspecified atom stereocenters. The maximum atomic E-state index is 13.0. The van der Waals surface area contributed by atoms with Crippen LogP contribution in [0.3, 0.4) is 0 Å². The zero-order chi connectivity index (χ0) is 22.1. The summed E-state index contributed by atoms with van der Waals surface area (Å²) in [6.45, 7) is 3.86. The van der Waals surface area contributed by atoms with Crippen molar-refractivity contribution in [2.45, 2.75) is 26.1 Å². The van der Waals surface area contributed by atoms with Gasteiger partial charge in [-0.15, -0.1) is 0 Å². The van der Waals surface area contributed by atoms with Crippen LogP contribution in [0.2, 0.25) is 0 Å². The highest BCUT2D eigenvalue weighted by Crippen LogP contribution is 2.31. The third-order valence-corrected chi connectivity index (χ3v) is 4.90. The number of amides is 2. The van der Waals surface area contributed by atoms with Gasteiger partial charge < -0.3 is 9.64 Å². The molecule has 0 N–H and O–H groups in total. The molecule has 3 rings (SSSR count). The van der Waals surface area contributed by atoms with E-state index in [4.69, 9.17) is 4.74 Å². The minimum Gasteiger partial charge on any atom is -0.481 e. The van der Waals surface area contributed by atoms with E-state index in [0.29, 0.717) is 0 Å². The van der Waals surface area contributed by atoms with E-state index in [1.165, 1.54) is 29.0 Å². The van der Waals surface area contributed by atoms with Crippen LogP contribution in [-0.4, -0.2) is 52.9 Å². The van der Waals surface area contributed by atoms with Crippen molar-refractivity contribution in [1.29, 1.82) is 0 Å². The molecule has 2 aromatic heterocycles. The Morgan fingerprint density at radius 2 is 2.00 bits per heavy atom. The summed E-state index contributed by atoms with van der Waals surface area (Å²) < 4.78 is 43.3. The topological polar surface area (TPSA) is 75.6 Å². The Labute approximate surface area is 171 Å². The molecule has 1 atom stereocenters. The number of anilines is 1. The normalized spacial score (nSPS) is 17.0. The SMILES string of the molecule is COc1cccc(C(=O)CN2C(=O)N(c3ccc(C(F)(F)F)nc3)C[C@@H]2C(C)C)n1. The lowest BCUT2D eigenvalue weighted by Gasteiger charge is -2.25. The fourth-order valence-corrected chi connectivity index (χ4v) is 3.26. The second-order valence-corrected chi connectivity index (χ2v) is 7.22. The quantitative estimate of drug-likeness (QED) is 0.665. The average molecular weight is 422 g/mol. The molecule has 1 aliphatic heterocycles. The molecule has 0 aromatic carbocycles. The number of hydrogen-bond donors (Lipinski definition) is 0. The molecular formula is C20H21F3N4O3. The maximum Gasteiger partial charge on any atom is 0.433 e. The summed E-state index contributed by atoms with van der Waals surface area (Å²) in [6.07, 6.45) is -3.54. The van der Waals surface area contributed by atoms with Gasteiger partial charge in [0.05, 0.1) is 31.6 Å². The molecule has 0 saturated carbocycles. The van der Waals surface area contributed by atoms with Crippen LogP contribution in [-0.2, 0) is 6.18 Å². The Bertz CT molecular complexity index is 932. The fourth-order valence-electron chi connectivity index (χ4n) is 3.26. The highest BCUT2D eigenvalue weighted by Gasteiger charge is 2.41. The number of ketones is 1. The summed E-state index contributed by atoms with van der Waals surface area (Å²) in [4.78, 5) is 36.0. The minimum atomic E-state index is -4.56. The lowest BCUT2D eigenvalue weighted by atomic mass is 10.0. The Morgan fingerprint density at radius 3 is 2.57 bits per heavy atom. The highest BCUT2D eigenvalue weighted by atomic mass is 19.4. The second kappa shape index (κ2) is 8.29. The molecule has 1 saturated heterocycles. The van der Waals surface area contributed by atoms with Crippen molar-refractivity contribution in [2.24, 2.45) is 5.92 Å². The van der Waals surface area contributed by atoms with Gasteiger partial charge in [-0.05, 0) is 24.1 Å². The van der Waals surface area contributed by atoms with E-state index in [-0.39, 0.29) is 48.1 Å². The molecule has 160 valence electrons. The first-order valence-electron chi connectivity index (χ1n) is 9.27. The van der Waals surface area contributed by atoms with Crippen LogP contribution >= 0.6 is 0 Å². The summed E-state index contributed by atoms with van der Waals surface area (Å²) in [7, 11) is 1.44. The van der Waals surface area contributed by atoms with Gasteiger partial charge in [0.15, 0.2) is 0 Å². The van der Waals surface area contributed by atoms with E-state index in [0.717, 1.165) is 12.3 Å². The number of pyridine rings is 2. The molecule has 0 bridgehead atoms. The van der Waals surface area contributed by atoms with Gasteiger partial charge >= 0.3 is 12.2 Å². The monoisotopic (exact) mass is 422 g/mol. The van der Waals surface area contributed by atoms with Crippen molar-refractivity contribution in [1.82, 2.24) is 14.9 Å². The molecule has 7 nitrogen and oxygen atoms in total. The van der Waals surface area contributed by atoms with Crippen LogP contribution in [0.4, 0.5) is 23.7 Å². The summed E-state index contributed by atoms with van der Waals surface area (Å²) in [5, 5.41) is 0. The molecule has 0 spiro atoms. The van der Waals surface area contributed by atoms with Crippen molar-refractivity contribution in [2.75, 3.05) is 25.1 Å². The van der Waals surface area contributed by atoms with Gasteiger partial charge in [0, 0.05) is 12.6 Å². The molecule has 1 fully saturated rings. The number of alkyl halides is 3. The lowest BCUT2D eigenvalue weighted by molar-refractivity contribution is -0.141. The Balaban J connectivity index is 1.82. The fraction of sp³-hybridized carbons (Fsp3) is 0.400. The van der Waals surface area contributed by atoms with Crippen molar-refractivity contribution in [3.8, 4) is 5.88 Å². The van der Waals surface area contributed by atoms with Crippen molar-refractivity contribution in [3.05, 3.63) is 47.9 Å². The molecule has 10 heteroatoms. The zero-order valence-electron chi connectivity index (χ0n) is 16.7. The number of rotatable bonds is 6. The zero-order valence-corrected chi connectivity index (χ0v) is 16.7. The van der Waals surface area contributed by atoms with Gasteiger partial charge in [-0.1, -0.05) is 19.9 Å². The van der Waals surface area contributed by atoms with Crippen LogP contribution in [0.1, 0.15) is 30.0 Å². The number of urea groups is 1. The predicted molar refractivity (Wildman–Crippen MR) is 102 cm³/mol. The van der Waals surface area contributed by atoms with E-state index in [9.17, 15) is 22.8 Å². The van der Waals surface area contributed by atoms with Crippen molar-refractivity contribution in [3.63, 3.8) is 0 Å². The predicted octanol–water partition coefficient (Wildman–Crippen LogP) is 3.65. The summed E-state index contributed by atoms with van der Waals surface area (Å²) in [5.74, 6) is -0.0563. The van der Waals surface area contributed by atoms with Crippen LogP contribution in [0.15, 0.2) is 36.5 Å². The Kier molecular flexibility index (Phi) is 5.95. The Morgan fingerprint density at radius 1 is 1.27 bits per heavy atom. The van der Waals surface area contributed by atoms with E-state index >= 15 is 0 Å². The minimum absolute atomic E-state index is 0.0208. The van der Waals surface area contributed by atoms with Gasteiger partial charge in [0.1, 0.15) is 11.4 Å². The first kappa shape index (κ1) is 21.5. The van der Waals surface area contributed by atoms with Gasteiger partial charge in [-0.25, -0.2) is 14.8 Å². The van der Waals surface area contributed by atoms with Crippen LogP contribution in [0.5, 0.6) is 5.88 Å². The van der Waals surface area contributed by atoms with Gasteiger partial charge in [-0.3, -0.25) is 9.69 Å². The van der Waals surface area contributed by atoms with E-state index in [1.54, 1.807) is 12.1 Å². The average Bonchev–Trinajstić information content (AvgIpc) is 3.04. The highest BCUT2D eigenvalue weighted by molar-refractivity contribution is 6.01. The smallest absolute Gasteiger partial charge is 0.433 e. The second-order valence-electron chi connectivity index (χ2n) is 7.22. The number of carbonyl (C=O) groups excluding carboxylic acids is 2. The molecule has 0 aliphatic carbocycles. The van der Waals surface area contributed by atoms with Crippen LogP contribution in [0.25, 0.3) is 0 Å². The number of methoxy groups -OCH3 is 1. The standard InChI is InChI=1S/C20H21F3N4O3/c1-12(2)15-10-26(13-7-8-17(24-9-13)20(21,22)23)19(29)27(15)11-16(28)14-5-4-6-18(25-14)30-3/h4-9,12,15H,10-11H2,1-3H3/t15-/m1/s1. The Hall–Kier alpha value is -3.17. The number of Topliss-reactive ketones (excluding diaryl/α,β-unsaturated/α-hetero) is 1. The molecular weight excluding hydrogens is 401 g/mol. The molecule has 30 heavy (non-hydrogen) atoms. The maximum absolute atomic E-state index is 13.0. The number of carbonyl (C=O) groups is 2. The lowest BCUT2D eigenvalue weighted by Crippen LogP contribution is -2.41. The summed E-state index contributed by atoms with van der Waals surface area (Å²) in [6, 6.07) is 6.05. The van der Waals surface area contributed by atoms with Gasteiger partial charge in [0.2, 0.25) is 11.7 Å². The summed E-state index contributed by atoms with van der Waals surface area (Å²) in [5.41, 5.74) is -0.623. The third kappa shape index (κ3) is 4.37. The number of hydrogen-bond acceptors (Lipinski definition) is 5. The van der Waals surface area contributed by atoms with E-state index in [1.807, 2.05) is 13.8 Å². The number of nitrogens with zero attached hydrogens (tertiary/aromatic N) is 4. The number of ether oxygens (including phenoxy) is 1. The number of aromatic nitrogens is 2. The summed E-state index contributed by atoms with van der Waals surface area (Å²) >= 11 is 0. The molecule has 2 aromatic rings. The third-order valence-electron chi connectivity index (χ3n) is 4.90. The van der Waals surface area contributed by atoms with Crippen LogP contribution < -0.4 is 9.64 Å². The van der Waals surface area contributed by atoms with Crippen molar-refractivity contribution < 1.29 is 27.5 Å². The molecule has 3 heterocycles. The number of halogens is 3. The molecule has 0 radical (unpaired) electrons. The van der Waals surface area contributed by atoms with E-state index in [2.05, 4.69) is 9.97 Å². The molecule has 1 aliphatic rings. The van der Waals surface area contributed by atoms with Crippen molar-refractivity contribution >= 4 is 17.5 Å². The van der Waals surface area contributed by atoms with Gasteiger partial charge in [0.25, 0.3) is 0 Å². The van der Waals surface area contributed by atoms with E-state index < -0.39 is 17.9 Å². The van der Waals surface area contributed by atoms with Crippen LogP contribution in [0, 0.1) is 5.92 Å². The largest absolute Gasteiger partial charge is 0.481 e.